The zero-order chi connectivity index (χ0) is 14.7. The molecule has 3 rings (SSSR count). The van der Waals surface area contributed by atoms with Crippen LogP contribution in [0.3, 0.4) is 0 Å². The maximum absolute atomic E-state index is 4.56. The average Bonchev–Trinajstić information content (AvgIpc) is 2.49. The second kappa shape index (κ2) is 6.57. The van der Waals surface area contributed by atoms with E-state index in [0.29, 0.717) is 0 Å². The maximum atomic E-state index is 4.56. The molecular formula is C19H26N2. The van der Waals surface area contributed by atoms with Crippen LogP contribution >= 0.6 is 0 Å². The highest BCUT2D eigenvalue weighted by Crippen LogP contribution is 2.28. The molecule has 2 unspecified atom stereocenters. The monoisotopic (exact) mass is 282 g/mol. The van der Waals surface area contributed by atoms with Crippen molar-refractivity contribution in [2.75, 3.05) is 6.54 Å². The van der Waals surface area contributed by atoms with Gasteiger partial charge in [0.1, 0.15) is 0 Å². The molecule has 1 saturated carbocycles. The van der Waals surface area contributed by atoms with Crippen molar-refractivity contribution in [3.8, 4) is 0 Å². The average molecular weight is 282 g/mol. The molecule has 1 fully saturated rings. The third kappa shape index (κ3) is 3.62. The summed E-state index contributed by atoms with van der Waals surface area (Å²) in [6, 6.07) is 10.9. The van der Waals surface area contributed by atoms with Gasteiger partial charge in [-0.25, -0.2) is 0 Å². The summed E-state index contributed by atoms with van der Waals surface area (Å²) in [7, 11) is 0. The zero-order valence-electron chi connectivity index (χ0n) is 13.2. The minimum absolute atomic E-state index is 0.864. The molecule has 0 radical (unpaired) electrons. The van der Waals surface area contributed by atoms with Gasteiger partial charge < -0.3 is 5.32 Å². The number of nitrogens with zero attached hydrogens (tertiary/aromatic N) is 1. The van der Waals surface area contributed by atoms with Gasteiger partial charge in [-0.15, -0.1) is 0 Å². The van der Waals surface area contributed by atoms with Crippen LogP contribution in [0.15, 0.2) is 30.3 Å². The van der Waals surface area contributed by atoms with Crippen molar-refractivity contribution in [3.63, 3.8) is 0 Å². The highest BCUT2D eigenvalue weighted by molar-refractivity contribution is 5.79. The fourth-order valence-electron chi connectivity index (χ4n) is 3.49. The summed E-state index contributed by atoms with van der Waals surface area (Å²) in [6.07, 6.45) is 5.65. The lowest BCUT2D eigenvalue weighted by Crippen LogP contribution is -2.29. The summed E-state index contributed by atoms with van der Waals surface area (Å²) < 4.78 is 0. The quantitative estimate of drug-likeness (QED) is 0.895. The molecule has 2 aromatic rings. The Bertz CT molecular complexity index is 606. The van der Waals surface area contributed by atoms with Gasteiger partial charge in [-0.05, 0) is 55.5 Å². The highest BCUT2D eigenvalue weighted by Gasteiger charge is 2.20. The topological polar surface area (TPSA) is 24.9 Å². The Balaban J connectivity index is 1.59. The number of rotatable bonds is 4. The van der Waals surface area contributed by atoms with Crippen LogP contribution in [0.5, 0.6) is 0 Å². The van der Waals surface area contributed by atoms with E-state index >= 15 is 0 Å². The van der Waals surface area contributed by atoms with Gasteiger partial charge in [-0.2, -0.15) is 0 Å². The third-order valence-corrected chi connectivity index (χ3v) is 4.92. The molecular weight excluding hydrogens is 256 g/mol. The Morgan fingerprint density at radius 2 is 2.00 bits per heavy atom. The van der Waals surface area contributed by atoms with Crippen LogP contribution in [0.25, 0.3) is 10.9 Å². The molecule has 1 heterocycles. The van der Waals surface area contributed by atoms with Crippen molar-refractivity contribution in [3.05, 3.63) is 41.6 Å². The van der Waals surface area contributed by atoms with E-state index in [1.54, 1.807) is 0 Å². The van der Waals surface area contributed by atoms with Crippen LogP contribution in [-0.2, 0) is 6.54 Å². The van der Waals surface area contributed by atoms with Crippen molar-refractivity contribution < 1.29 is 0 Å². The van der Waals surface area contributed by atoms with Crippen molar-refractivity contribution in [2.45, 2.75) is 46.1 Å². The van der Waals surface area contributed by atoms with Crippen LogP contribution in [0.4, 0.5) is 0 Å². The first-order valence-electron chi connectivity index (χ1n) is 8.29. The fourth-order valence-corrected chi connectivity index (χ4v) is 3.49. The van der Waals surface area contributed by atoms with E-state index in [1.807, 2.05) is 6.92 Å². The van der Waals surface area contributed by atoms with Gasteiger partial charge >= 0.3 is 0 Å². The van der Waals surface area contributed by atoms with E-state index in [2.05, 4.69) is 47.6 Å². The van der Waals surface area contributed by atoms with Gasteiger partial charge in [0.2, 0.25) is 0 Å². The standard InChI is InChI=1S/C19H26N2/c1-14-5-3-4-6-18(14)13-20-12-16-8-10-19-17(11-16)9-7-15(2)21-19/h7-11,14,18,20H,3-6,12-13H2,1-2H3. The summed E-state index contributed by atoms with van der Waals surface area (Å²) >= 11 is 0. The number of aryl methyl sites for hydroxylation is 1. The van der Waals surface area contributed by atoms with E-state index in [0.717, 1.165) is 36.1 Å². The van der Waals surface area contributed by atoms with Crippen molar-refractivity contribution in [1.82, 2.24) is 10.3 Å². The van der Waals surface area contributed by atoms with Gasteiger partial charge in [0, 0.05) is 17.6 Å². The molecule has 0 saturated heterocycles. The van der Waals surface area contributed by atoms with E-state index in [1.165, 1.54) is 36.6 Å². The Labute approximate surface area is 128 Å². The van der Waals surface area contributed by atoms with Crippen LogP contribution in [0.2, 0.25) is 0 Å². The predicted octanol–water partition coefficient (Wildman–Crippen LogP) is 4.46. The molecule has 2 nitrogen and oxygen atoms in total. The molecule has 2 atom stereocenters. The second-order valence-electron chi connectivity index (χ2n) is 6.63. The lowest BCUT2D eigenvalue weighted by Gasteiger charge is -2.28. The number of benzene rings is 1. The van der Waals surface area contributed by atoms with Gasteiger partial charge in [0.05, 0.1) is 5.52 Å². The molecule has 1 aromatic carbocycles. The number of nitrogens with one attached hydrogen (secondary N) is 1. The van der Waals surface area contributed by atoms with Gasteiger partial charge in [-0.1, -0.05) is 38.3 Å². The molecule has 1 aliphatic rings. The van der Waals surface area contributed by atoms with Crippen molar-refractivity contribution >= 4 is 10.9 Å². The largest absolute Gasteiger partial charge is 0.312 e. The first-order chi connectivity index (χ1) is 10.2. The minimum Gasteiger partial charge on any atom is -0.312 e. The molecule has 1 N–H and O–H groups in total. The van der Waals surface area contributed by atoms with Crippen LogP contribution in [0, 0.1) is 18.8 Å². The van der Waals surface area contributed by atoms with Gasteiger partial charge in [-0.3, -0.25) is 4.98 Å². The molecule has 0 spiro atoms. The Morgan fingerprint density at radius 1 is 1.14 bits per heavy atom. The SMILES string of the molecule is Cc1ccc2cc(CNCC3CCCCC3C)ccc2n1. The van der Waals surface area contributed by atoms with E-state index < -0.39 is 0 Å². The number of hydrogen-bond acceptors (Lipinski definition) is 2. The Morgan fingerprint density at radius 3 is 2.86 bits per heavy atom. The van der Waals surface area contributed by atoms with E-state index in [-0.39, 0.29) is 0 Å². The lowest BCUT2D eigenvalue weighted by molar-refractivity contribution is 0.247. The maximum Gasteiger partial charge on any atom is 0.0705 e. The summed E-state index contributed by atoms with van der Waals surface area (Å²) in [5.74, 6) is 1.75. The second-order valence-corrected chi connectivity index (χ2v) is 6.63. The molecule has 0 bridgehead atoms. The minimum atomic E-state index is 0.864. The molecule has 112 valence electrons. The molecule has 0 amide bonds. The number of fused-ring (bicyclic) bond motifs is 1. The van der Waals surface area contributed by atoms with E-state index in [4.69, 9.17) is 0 Å². The van der Waals surface area contributed by atoms with Crippen LogP contribution in [-0.4, -0.2) is 11.5 Å². The predicted molar refractivity (Wildman–Crippen MR) is 89.3 cm³/mol. The fraction of sp³-hybridized carbons (Fsp3) is 0.526. The first-order valence-corrected chi connectivity index (χ1v) is 8.29. The smallest absolute Gasteiger partial charge is 0.0705 e. The summed E-state index contributed by atoms with van der Waals surface area (Å²) in [5.41, 5.74) is 3.54. The Hall–Kier alpha value is -1.41. The molecule has 21 heavy (non-hydrogen) atoms. The van der Waals surface area contributed by atoms with Crippen LogP contribution < -0.4 is 5.32 Å². The summed E-state index contributed by atoms with van der Waals surface area (Å²) in [5, 5.41) is 4.90. The highest BCUT2D eigenvalue weighted by atomic mass is 14.9. The van der Waals surface area contributed by atoms with Crippen molar-refractivity contribution in [2.24, 2.45) is 11.8 Å². The zero-order valence-corrected chi connectivity index (χ0v) is 13.2. The molecule has 2 heteroatoms. The Kier molecular flexibility index (Phi) is 4.54. The van der Waals surface area contributed by atoms with Gasteiger partial charge in [0.25, 0.3) is 0 Å². The van der Waals surface area contributed by atoms with E-state index in [9.17, 15) is 0 Å². The molecule has 1 aliphatic carbocycles. The first kappa shape index (κ1) is 14.5. The summed E-state index contributed by atoms with van der Waals surface area (Å²) in [6.45, 7) is 6.58. The number of pyridine rings is 1. The number of hydrogen-bond donors (Lipinski definition) is 1. The number of aromatic nitrogens is 1. The van der Waals surface area contributed by atoms with Crippen molar-refractivity contribution in [1.29, 1.82) is 0 Å². The molecule has 0 aliphatic heterocycles. The molecule has 1 aromatic heterocycles. The summed E-state index contributed by atoms with van der Waals surface area (Å²) in [4.78, 5) is 4.56. The van der Waals surface area contributed by atoms with Gasteiger partial charge in [0.15, 0.2) is 0 Å². The third-order valence-electron chi connectivity index (χ3n) is 4.92. The lowest BCUT2D eigenvalue weighted by atomic mass is 9.80. The normalized spacial score (nSPS) is 22.6. The van der Waals surface area contributed by atoms with Crippen LogP contribution in [0.1, 0.15) is 43.9 Å².